The van der Waals surface area contributed by atoms with Crippen LogP contribution in [0.4, 0.5) is 0 Å². The highest BCUT2D eigenvalue weighted by Gasteiger charge is 2.07. The Morgan fingerprint density at radius 1 is 1.24 bits per heavy atom. The van der Waals surface area contributed by atoms with Crippen molar-refractivity contribution in [1.82, 2.24) is 15.2 Å². The lowest BCUT2D eigenvalue weighted by molar-refractivity contribution is 0.0944. The van der Waals surface area contributed by atoms with Gasteiger partial charge in [-0.3, -0.25) is 9.78 Å². The smallest absolute Gasteiger partial charge is 0.269 e. The predicted molar refractivity (Wildman–Crippen MR) is 90.2 cm³/mol. The number of pyridine rings is 1. The molecular formula is C16H28ClN3O. The summed E-state index contributed by atoms with van der Waals surface area (Å²) in [4.78, 5) is 18.5. The zero-order valence-corrected chi connectivity index (χ0v) is 14.2. The second-order valence-corrected chi connectivity index (χ2v) is 4.94. The van der Waals surface area contributed by atoms with E-state index in [4.69, 9.17) is 0 Å². The fourth-order valence-corrected chi connectivity index (χ4v) is 2.05. The summed E-state index contributed by atoms with van der Waals surface area (Å²) in [5.74, 6) is -0.0841. The first-order valence-electron chi connectivity index (χ1n) is 7.66. The summed E-state index contributed by atoms with van der Waals surface area (Å²) in [6.45, 7) is 10.00. The normalized spacial score (nSPS) is 10.3. The van der Waals surface area contributed by atoms with Crippen LogP contribution in [-0.2, 0) is 6.42 Å². The van der Waals surface area contributed by atoms with Gasteiger partial charge in [0.1, 0.15) is 5.69 Å². The van der Waals surface area contributed by atoms with Crippen molar-refractivity contribution in [3.63, 3.8) is 0 Å². The van der Waals surface area contributed by atoms with Crippen LogP contribution in [0.3, 0.4) is 0 Å². The zero-order valence-electron chi connectivity index (χ0n) is 13.4. The van der Waals surface area contributed by atoms with Crippen molar-refractivity contribution in [2.75, 3.05) is 26.2 Å². The van der Waals surface area contributed by atoms with Gasteiger partial charge in [0, 0.05) is 19.3 Å². The van der Waals surface area contributed by atoms with Gasteiger partial charge < -0.3 is 10.2 Å². The van der Waals surface area contributed by atoms with Gasteiger partial charge in [-0.1, -0.05) is 33.3 Å². The van der Waals surface area contributed by atoms with Gasteiger partial charge in [0.15, 0.2) is 0 Å². The van der Waals surface area contributed by atoms with E-state index in [1.807, 2.05) is 18.3 Å². The van der Waals surface area contributed by atoms with Crippen molar-refractivity contribution >= 4 is 18.3 Å². The Bertz CT molecular complexity index is 391. The number of amides is 1. The van der Waals surface area contributed by atoms with Crippen LogP contribution in [0.1, 0.15) is 49.7 Å². The van der Waals surface area contributed by atoms with Gasteiger partial charge in [-0.15, -0.1) is 12.4 Å². The molecule has 5 heteroatoms. The summed E-state index contributed by atoms with van der Waals surface area (Å²) in [7, 11) is 0. The number of hydrogen-bond donors (Lipinski definition) is 1. The number of carbonyl (C=O) groups excluding carboxylic acids is 1. The summed E-state index contributed by atoms with van der Waals surface area (Å²) in [6.07, 6.45) is 5.19. The topological polar surface area (TPSA) is 45.2 Å². The number of nitrogens with zero attached hydrogens (tertiary/aromatic N) is 2. The number of unbranched alkanes of at least 4 members (excludes halogenated alkanes) is 1. The van der Waals surface area contributed by atoms with Crippen LogP contribution in [0.5, 0.6) is 0 Å². The van der Waals surface area contributed by atoms with Gasteiger partial charge in [0.2, 0.25) is 0 Å². The average molecular weight is 314 g/mol. The molecule has 120 valence electrons. The van der Waals surface area contributed by atoms with E-state index in [9.17, 15) is 4.79 Å². The molecular weight excluding hydrogens is 286 g/mol. The second-order valence-electron chi connectivity index (χ2n) is 4.94. The lowest BCUT2D eigenvalue weighted by Gasteiger charge is -2.17. The molecule has 1 amide bonds. The van der Waals surface area contributed by atoms with Crippen molar-refractivity contribution in [3.8, 4) is 0 Å². The molecule has 1 N–H and O–H groups in total. The third-order valence-electron chi connectivity index (χ3n) is 3.48. The van der Waals surface area contributed by atoms with E-state index in [0.717, 1.165) is 32.5 Å². The van der Waals surface area contributed by atoms with Gasteiger partial charge in [0.25, 0.3) is 5.91 Å². The van der Waals surface area contributed by atoms with Crippen molar-refractivity contribution in [2.45, 2.75) is 40.0 Å². The van der Waals surface area contributed by atoms with Crippen LogP contribution in [-0.4, -0.2) is 42.0 Å². The minimum atomic E-state index is -0.0841. The third-order valence-corrected chi connectivity index (χ3v) is 3.48. The second kappa shape index (κ2) is 11.5. The van der Waals surface area contributed by atoms with Crippen LogP contribution >= 0.6 is 12.4 Å². The van der Waals surface area contributed by atoms with Gasteiger partial charge in [0.05, 0.1) is 0 Å². The summed E-state index contributed by atoms with van der Waals surface area (Å²) < 4.78 is 0. The Balaban J connectivity index is 0.00000400. The van der Waals surface area contributed by atoms with E-state index in [0.29, 0.717) is 12.2 Å². The monoisotopic (exact) mass is 313 g/mol. The summed E-state index contributed by atoms with van der Waals surface area (Å²) in [6, 6.07) is 3.82. The minimum absolute atomic E-state index is 0. The highest BCUT2D eigenvalue weighted by atomic mass is 35.5. The fourth-order valence-electron chi connectivity index (χ4n) is 2.05. The maximum atomic E-state index is 11.9. The van der Waals surface area contributed by atoms with E-state index in [-0.39, 0.29) is 18.3 Å². The van der Waals surface area contributed by atoms with Crippen LogP contribution in [0.15, 0.2) is 18.3 Å². The van der Waals surface area contributed by atoms with Crippen LogP contribution in [0.2, 0.25) is 0 Å². The first-order chi connectivity index (χ1) is 9.71. The zero-order chi connectivity index (χ0) is 14.8. The number of carbonyl (C=O) groups is 1. The Kier molecular flexibility index (Phi) is 10.9. The maximum Gasteiger partial charge on any atom is 0.269 e. The van der Waals surface area contributed by atoms with Crippen molar-refractivity contribution in [1.29, 1.82) is 0 Å². The molecule has 0 saturated heterocycles. The molecule has 0 bridgehead atoms. The summed E-state index contributed by atoms with van der Waals surface area (Å²) >= 11 is 0. The van der Waals surface area contributed by atoms with E-state index >= 15 is 0 Å². The Morgan fingerprint density at radius 3 is 2.48 bits per heavy atom. The molecule has 0 saturated carbocycles. The van der Waals surface area contributed by atoms with Gasteiger partial charge >= 0.3 is 0 Å². The SMILES string of the molecule is CCCCc1ccc(C(=O)NCCN(CC)CC)nc1.Cl. The molecule has 0 fully saturated rings. The van der Waals surface area contributed by atoms with Gasteiger partial charge in [-0.2, -0.15) is 0 Å². The molecule has 1 heterocycles. The standard InChI is InChI=1S/C16H27N3O.ClH/c1-4-7-8-14-9-10-15(18-13-14)16(20)17-11-12-19(5-2)6-3;/h9-10,13H,4-8,11-12H2,1-3H3,(H,17,20);1H. The first kappa shape index (κ1) is 19.9. The lowest BCUT2D eigenvalue weighted by atomic mass is 10.1. The molecule has 0 aliphatic heterocycles. The largest absolute Gasteiger partial charge is 0.349 e. The van der Waals surface area contributed by atoms with Gasteiger partial charge in [-0.05, 0) is 37.6 Å². The molecule has 0 atom stereocenters. The number of hydrogen-bond acceptors (Lipinski definition) is 3. The molecule has 0 spiro atoms. The number of rotatable bonds is 9. The van der Waals surface area contributed by atoms with Crippen LogP contribution in [0, 0.1) is 0 Å². The first-order valence-corrected chi connectivity index (χ1v) is 7.66. The maximum absolute atomic E-state index is 11.9. The van der Waals surface area contributed by atoms with Crippen molar-refractivity contribution in [3.05, 3.63) is 29.6 Å². The van der Waals surface area contributed by atoms with Crippen LogP contribution < -0.4 is 5.32 Å². The number of halogens is 1. The number of aryl methyl sites for hydroxylation is 1. The molecule has 4 nitrogen and oxygen atoms in total. The van der Waals surface area contributed by atoms with E-state index < -0.39 is 0 Å². The summed E-state index contributed by atoms with van der Waals surface area (Å²) in [5.41, 5.74) is 1.70. The third kappa shape index (κ3) is 7.44. The summed E-state index contributed by atoms with van der Waals surface area (Å²) in [5, 5.41) is 2.92. The molecule has 0 aromatic carbocycles. The number of likely N-dealkylation sites (N-methyl/N-ethyl adjacent to an activating group) is 1. The van der Waals surface area contributed by atoms with E-state index in [2.05, 4.69) is 36.0 Å². The minimum Gasteiger partial charge on any atom is -0.349 e. The molecule has 0 radical (unpaired) electrons. The quantitative estimate of drug-likeness (QED) is 0.762. The Morgan fingerprint density at radius 2 is 1.95 bits per heavy atom. The number of nitrogens with one attached hydrogen (secondary N) is 1. The highest BCUT2D eigenvalue weighted by Crippen LogP contribution is 2.05. The van der Waals surface area contributed by atoms with Crippen molar-refractivity contribution in [2.24, 2.45) is 0 Å². The predicted octanol–water partition coefficient (Wildman–Crippen LogP) is 2.92. The van der Waals surface area contributed by atoms with Gasteiger partial charge in [-0.25, -0.2) is 0 Å². The number of aromatic nitrogens is 1. The van der Waals surface area contributed by atoms with E-state index in [1.165, 1.54) is 12.0 Å². The molecule has 21 heavy (non-hydrogen) atoms. The van der Waals surface area contributed by atoms with Crippen LogP contribution in [0.25, 0.3) is 0 Å². The molecule has 0 aliphatic rings. The van der Waals surface area contributed by atoms with Crippen molar-refractivity contribution < 1.29 is 4.79 Å². The van der Waals surface area contributed by atoms with E-state index in [1.54, 1.807) is 0 Å². The molecule has 1 aromatic heterocycles. The molecule has 1 rings (SSSR count). The molecule has 0 unspecified atom stereocenters. The average Bonchev–Trinajstić information content (AvgIpc) is 2.50. The molecule has 0 aliphatic carbocycles. The fraction of sp³-hybridized carbons (Fsp3) is 0.625. The molecule has 1 aromatic rings. The lowest BCUT2D eigenvalue weighted by Crippen LogP contribution is -2.35. The Labute approximate surface area is 134 Å². The highest BCUT2D eigenvalue weighted by molar-refractivity contribution is 5.92. The Hall–Kier alpha value is -1.13.